The number of rotatable bonds is 8. The van der Waals surface area contributed by atoms with Crippen molar-refractivity contribution in [1.29, 1.82) is 0 Å². The van der Waals surface area contributed by atoms with Gasteiger partial charge in [0.25, 0.3) is 0 Å². The number of esters is 1. The van der Waals surface area contributed by atoms with Crippen molar-refractivity contribution in [3.05, 3.63) is 53.6 Å². The predicted octanol–water partition coefficient (Wildman–Crippen LogP) is 4.68. The second kappa shape index (κ2) is 8.96. The lowest BCUT2D eigenvalue weighted by atomic mass is 10.1. The molecule has 0 aliphatic heterocycles. The second-order valence-corrected chi connectivity index (χ2v) is 5.59. The maximum atomic E-state index is 11.3. The van der Waals surface area contributed by atoms with Crippen molar-refractivity contribution >= 4 is 5.97 Å². The molecule has 4 nitrogen and oxygen atoms in total. The van der Waals surface area contributed by atoms with Crippen molar-refractivity contribution in [3.63, 3.8) is 0 Å². The van der Waals surface area contributed by atoms with Gasteiger partial charge in [-0.2, -0.15) is 0 Å². The van der Waals surface area contributed by atoms with Gasteiger partial charge in [0, 0.05) is 12.5 Å². The van der Waals surface area contributed by atoms with Gasteiger partial charge in [-0.3, -0.25) is 4.79 Å². The molecule has 0 radical (unpaired) electrons. The maximum absolute atomic E-state index is 11.3. The number of unbranched alkanes of at least 4 members (excludes halogenated alkanes) is 1. The molecule has 0 saturated heterocycles. The van der Waals surface area contributed by atoms with Crippen LogP contribution in [0.4, 0.5) is 0 Å². The third-order valence-corrected chi connectivity index (χ3v) is 3.56. The van der Waals surface area contributed by atoms with Crippen LogP contribution in [0, 0.1) is 6.92 Å². The summed E-state index contributed by atoms with van der Waals surface area (Å²) >= 11 is 0. The predicted molar refractivity (Wildman–Crippen MR) is 93.7 cm³/mol. The molecule has 0 atom stereocenters. The molecule has 0 N–H and O–H groups in total. The van der Waals surface area contributed by atoms with E-state index in [1.807, 2.05) is 43.3 Å². The summed E-state index contributed by atoms with van der Waals surface area (Å²) in [4.78, 5) is 11.3. The Hall–Kier alpha value is -2.49. The SMILES string of the molecule is CCCCOc1ccc(OC(C)=O)c(OCc2ccccc2)c1C. The first kappa shape index (κ1) is 17.9. The van der Waals surface area contributed by atoms with Crippen molar-refractivity contribution in [2.45, 2.75) is 40.2 Å². The minimum atomic E-state index is -0.376. The molecular formula is C20H24O4. The van der Waals surface area contributed by atoms with Gasteiger partial charge < -0.3 is 14.2 Å². The van der Waals surface area contributed by atoms with Crippen LogP contribution in [0.3, 0.4) is 0 Å². The van der Waals surface area contributed by atoms with E-state index in [1.165, 1.54) is 6.92 Å². The first-order valence-corrected chi connectivity index (χ1v) is 8.23. The lowest BCUT2D eigenvalue weighted by Gasteiger charge is -2.17. The number of benzene rings is 2. The van der Waals surface area contributed by atoms with E-state index in [9.17, 15) is 4.79 Å². The van der Waals surface area contributed by atoms with Crippen LogP contribution in [-0.4, -0.2) is 12.6 Å². The number of carbonyl (C=O) groups excluding carboxylic acids is 1. The molecule has 0 heterocycles. The standard InChI is InChI=1S/C20H24O4/c1-4-5-13-22-18-11-12-19(24-16(3)21)20(15(18)2)23-14-17-9-7-6-8-10-17/h6-12H,4-5,13-14H2,1-3H3. The summed E-state index contributed by atoms with van der Waals surface area (Å²) in [7, 11) is 0. The minimum Gasteiger partial charge on any atom is -0.493 e. The molecule has 0 aromatic heterocycles. The molecular weight excluding hydrogens is 304 g/mol. The van der Waals surface area contributed by atoms with Crippen molar-refractivity contribution < 1.29 is 19.0 Å². The van der Waals surface area contributed by atoms with Gasteiger partial charge >= 0.3 is 5.97 Å². The highest BCUT2D eigenvalue weighted by molar-refractivity contribution is 5.71. The quantitative estimate of drug-likeness (QED) is 0.401. The van der Waals surface area contributed by atoms with E-state index in [4.69, 9.17) is 14.2 Å². The lowest BCUT2D eigenvalue weighted by molar-refractivity contribution is -0.132. The molecule has 4 heteroatoms. The zero-order valence-corrected chi connectivity index (χ0v) is 14.5. The van der Waals surface area contributed by atoms with Crippen molar-refractivity contribution in [1.82, 2.24) is 0 Å². The molecule has 0 bridgehead atoms. The smallest absolute Gasteiger partial charge is 0.308 e. The molecule has 0 saturated carbocycles. The van der Waals surface area contributed by atoms with Crippen LogP contribution in [0.2, 0.25) is 0 Å². The Labute approximate surface area is 143 Å². The Balaban J connectivity index is 2.22. The van der Waals surface area contributed by atoms with Gasteiger partial charge in [0.15, 0.2) is 11.5 Å². The van der Waals surface area contributed by atoms with E-state index < -0.39 is 0 Å². The fourth-order valence-corrected chi connectivity index (χ4v) is 2.28. The van der Waals surface area contributed by atoms with E-state index in [0.717, 1.165) is 29.7 Å². The fraction of sp³-hybridized carbons (Fsp3) is 0.350. The van der Waals surface area contributed by atoms with Crippen molar-refractivity contribution in [2.24, 2.45) is 0 Å². The zero-order chi connectivity index (χ0) is 17.4. The van der Waals surface area contributed by atoms with E-state index >= 15 is 0 Å². The van der Waals surface area contributed by atoms with Gasteiger partial charge in [0.2, 0.25) is 0 Å². The Morgan fingerprint density at radius 1 is 1.00 bits per heavy atom. The zero-order valence-electron chi connectivity index (χ0n) is 14.5. The largest absolute Gasteiger partial charge is 0.493 e. The Morgan fingerprint density at radius 3 is 2.38 bits per heavy atom. The Morgan fingerprint density at radius 2 is 1.71 bits per heavy atom. The summed E-state index contributed by atoms with van der Waals surface area (Å²) in [6.07, 6.45) is 2.06. The van der Waals surface area contributed by atoms with E-state index in [1.54, 1.807) is 6.07 Å². The normalized spacial score (nSPS) is 10.3. The first-order chi connectivity index (χ1) is 11.6. The van der Waals surface area contributed by atoms with Gasteiger partial charge in [-0.15, -0.1) is 0 Å². The van der Waals surface area contributed by atoms with Crippen LogP contribution in [0.1, 0.15) is 37.8 Å². The molecule has 0 unspecified atom stereocenters. The van der Waals surface area contributed by atoms with Crippen molar-refractivity contribution in [2.75, 3.05) is 6.61 Å². The molecule has 2 aromatic carbocycles. The summed E-state index contributed by atoms with van der Waals surface area (Å²) in [6, 6.07) is 13.4. The van der Waals surface area contributed by atoms with Gasteiger partial charge in [-0.05, 0) is 31.0 Å². The van der Waals surface area contributed by atoms with Crippen LogP contribution in [0.5, 0.6) is 17.2 Å². The van der Waals surface area contributed by atoms with Crippen molar-refractivity contribution in [3.8, 4) is 17.2 Å². The Bertz CT molecular complexity index is 665. The van der Waals surface area contributed by atoms with Gasteiger partial charge in [-0.25, -0.2) is 0 Å². The average molecular weight is 328 g/mol. The van der Waals surface area contributed by atoms with Crippen LogP contribution in [0.25, 0.3) is 0 Å². The van der Waals surface area contributed by atoms with Crippen LogP contribution in [0.15, 0.2) is 42.5 Å². The molecule has 2 aromatic rings. The number of ether oxygens (including phenoxy) is 3. The lowest BCUT2D eigenvalue weighted by Crippen LogP contribution is -2.07. The van der Waals surface area contributed by atoms with Gasteiger partial charge in [0.05, 0.1) is 6.61 Å². The van der Waals surface area contributed by atoms with Crippen LogP contribution in [-0.2, 0) is 11.4 Å². The summed E-state index contributed by atoms with van der Waals surface area (Å²) in [5.41, 5.74) is 1.88. The van der Waals surface area contributed by atoms with Crippen LogP contribution >= 0.6 is 0 Å². The summed E-state index contributed by atoms with van der Waals surface area (Å²) in [5.74, 6) is 1.34. The first-order valence-electron chi connectivity index (χ1n) is 8.23. The highest BCUT2D eigenvalue weighted by atomic mass is 16.6. The molecule has 24 heavy (non-hydrogen) atoms. The molecule has 0 aliphatic rings. The number of hydrogen-bond donors (Lipinski definition) is 0. The van der Waals surface area contributed by atoms with E-state index in [-0.39, 0.29) is 5.97 Å². The molecule has 0 fully saturated rings. The molecule has 0 spiro atoms. The Kier molecular flexibility index (Phi) is 6.67. The third-order valence-electron chi connectivity index (χ3n) is 3.56. The van der Waals surface area contributed by atoms with E-state index in [2.05, 4.69) is 6.92 Å². The topological polar surface area (TPSA) is 44.8 Å². The molecule has 0 aliphatic carbocycles. The molecule has 0 amide bonds. The van der Waals surface area contributed by atoms with Crippen LogP contribution < -0.4 is 14.2 Å². The fourth-order valence-electron chi connectivity index (χ4n) is 2.28. The summed E-state index contributed by atoms with van der Waals surface area (Å²) in [6.45, 7) is 6.46. The minimum absolute atomic E-state index is 0.376. The second-order valence-electron chi connectivity index (χ2n) is 5.59. The van der Waals surface area contributed by atoms with Gasteiger partial charge in [-0.1, -0.05) is 43.7 Å². The summed E-state index contributed by atoms with van der Waals surface area (Å²) < 4.78 is 17.0. The maximum Gasteiger partial charge on any atom is 0.308 e. The monoisotopic (exact) mass is 328 g/mol. The third kappa shape index (κ3) is 5.01. The van der Waals surface area contributed by atoms with E-state index in [0.29, 0.717) is 24.7 Å². The van der Waals surface area contributed by atoms with Gasteiger partial charge in [0.1, 0.15) is 12.4 Å². The average Bonchev–Trinajstić information content (AvgIpc) is 2.57. The number of hydrogen-bond acceptors (Lipinski definition) is 4. The summed E-state index contributed by atoms with van der Waals surface area (Å²) in [5, 5.41) is 0. The molecule has 2 rings (SSSR count). The number of carbonyl (C=O) groups is 1. The molecule has 128 valence electrons. The highest BCUT2D eigenvalue weighted by Gasteiger charge is 2.15. The highest BCUT2D eigenvalue weighted by Crippen LogP contribution is 2.37.